The van der Waals surface area contributed by atoms with Crippen molar-refractivity contribution >= 4 is 34.6 Å². The maximum absolute atomic E-state index is 4.72. The van der Waals surface area contributed by atoms with E-state index >= 15 is 0 Å². The van der Waals surface area contributed by atoms with Gasteiger partial charge in [0, 0.05) is 72.3 Å². The number of anilines is 6. The van der Waals surface area contributed by atoms with Crippen LogP contribution in [0.1, 0.15) is 0 Å². The highest BCUT2D eigenvalue weighted by atomic mass is 15.2. The third-order valence-corrected chi connectivity index (χ3v) is 7.77. The number of nitrogens with zero attached hydrogens (tertiary/aromatic N) is 10. The number of hydrogen-bond acceptors (Lipinski definition) is 8. The normalized spacial score (nSPS) is 10.9. The lowest BCUT2D eigenvalue weighted by Crippen LogP contribution is -2.13. The molecule has 0 atom stereocenters. The first kappa shape index (κ1) is 28.5. The third kappa shape index (κ3) is 5.54. The van der Waals surface area contributed by atoms with E-state index in [1.54, 1.807) is 37.2 Å². The molecule has 48 heavy (non-hydrogen) atoms. The molecule has 0 spiro atoms. The second-order valence-corrected chi connectivity index (χ2v) is 10.7. The Kier molecular flexibility index (Phi) is 7.62. The van der Waals surface area contributed by atoms with Gasteiger partial charge < -0.3 is 0 Å². The minimum absolute atomic E-state index is 0.715. The molecular weight excluding hydrogens is 596 g/mol. The third-order valence-electron chi connectivity index (χ3n) is 7.77. The summed E-state index contributed by atoms with van der Waals surface area (Å²) in [4.78, 5) is 31.8. The number of rotatable bonds is 9. The molecule has 10 nitrogen and oxygen atoms in total. The van der Waals surface area contributed by atoms with Crippen LogP contribution in [-0.2, 0) is 0 Å². The smallest absolute Gasteiger partial charge is 0.181 e. The summed E-state index contributed by atoms with van der Waals surface area (Å²) >= 11 is 0. The Balaban J connectivity index is 1.10. The fourth-order valence-corrected chi connectivity index (χ4v) is 5.59. The quantitative estimate of drug-likeness (QED) is 0.159. The predicted molar refractivity (Wildman–Crippen MR) is 187 cm³/mol. The van der Waals surface area contributed by atoms with Crippen LogP contribution in [0.4, 0.5) is 34.6 Å². The van der Waals surface area contributed by atoms with Gasteiger partial charge in [0.05, 0.1) is 0 Å². The summed E-state index contributed by atoms with van der Waals surface area (Å²) in [7, 11) is 0. The lowest BCUT2D eigenvalue weighted by Gasteiger charge is -2.23. The standard InChI is InChI=1S/C38H28N10/c1-5-21-39-33(9-1)47(34-10-2-6-22-40-34)31-17-13-29(14-18-31)45-27-25-43-37(45)38-44-26-28-46(38)30-15-19-32(20-16-30)48(35-11-3-7-23-41-35)36-12-4-8-24-42-36/h1-28H. The molecule has 0 aliphatic heterocycles. The van der Waals surface area contributed by atoms with E-state index in [1.807, 2.05) is 104 Å². The van der Waals surface area contributed by atoms with Crippen LogP contribution >= 0.6 is 0 Å². The predicted octanol–water partition coefficient (Wildman–Crippen LogP) is 8.24. The highest BCUT2D eigenvalue weighted by Crippen LogP contribution is 2.34. The number of aromatic nitrogens is 8. The molecule has 6 aromatic heterocycles. The summed E-state index contributed by atoms with van der Waals surface area (Å²) in [6, 6.07) is 39.8. The summed E-state index contributed by atoms with van der Waals surface area (Å²) in [6.07, 6.45) is 14.6. The van der Waals surface area contributed by atoms with E-state index in [1.165, 1.54) is 0 Å². The molecule has 6 heterocycles. The molecule has 0 amide bonds. The van der Waals surface area contributed by atoms with E-state index in [9.17, 15) is 0 Å². The lowest BCUT2D eigenvalue weighted by atomic mass is 10.2. The van der Waals surface area contributed by atoms with Gasteiger partial charge in [-0.2, -0.15) is 0 Å². The van der Waals surface area contributed by atoms with E-state index < -0.39 is 0 Å². The molecule has 0 N–H and O–H groups in total. The van der Waals surface area contributed by atoms with Gasteiger partial charge in [0.15, 0.2) is 11.6 Å². The molecule has 0 aliphatic rings. The van der Waals surface area contributed by atoms with Crippen LogP contribution in [-0.4, -0.2) is 39.0 Å². The van der Waals surface area contributed by atoms with Gasteiger partial charge in [-0.1, -0.05) is 24.3 Å². The first-order valence-corrected chi connectivity index (χ1v) is 15.4. The average molecular weight is 625 g/mol. The fraction of sp³-hybridized carbons (Fsp3) is 0. The molecule has 8 rings (SSSR count). The molecular formula is C38H28N10. The minimum atomic E-state index is 0.715. The Morgan fingerprint density at radius 3 is 0.958 bits per heavy atom. The van der Waals surface area contributed by atoms with Crippen LogP contribution in [0.5, 0.6) is 0 Å². The van der Waals surface area contributed by atoms with E-state index in [-0.39, 0.29) is 0 Å². The Bertz CT molecular complexity index is 1980. The Morgan fingerprint density at radius 1 is 0.333 bits per heavy atom. The zero-order chi connectivity index (χ0) is 32.1. The lowest BCUT2D eigenvalue weighted by molar-refractivity contribution is 0.987. The molecule has 0 fully saturated rings. The molecule has 0 bridgehead atoms. The molecule has 0 radical (unpaired) electrons. The number of pyridine rings is 4. The average Bonchev–Trinajstić information content (AvgIpc) is 3.85. The van der Waals surface area contributed by atoms with Crippen molar-refractivity contribution in [3.8, 4) is 23.0 Å². The molecule has 8 aromatic rings. The Morgan fingerprint density at radius 2 is 0.667 bits per heavy atom. The van der Waals surface area contributed by atoms with Crippen LogP contribution < -0.4 is 9.80 Å². The zero-order valence-electron chi connectivity index (χ0n) is 25.6. The summed E-state index contributed by atoms with van der Waals surface area (Å²) in [5, 5.41) is 0. The van der Waals surface area contributed by atoms with Crippen molar-refractivity contribution in [2.75, 3.05) is 9.80 Å². The van der Waals surface area contributed by atoms with Gasteiger partial charge in [0.25, 0.3) is 0 Å². The van der Waals surface area contributed by atoms with Crippen molar-refractivity contribution in [2.45, 2.75) is 0 Å². The second-order valence-electron chi connectivity index (χ2n) is 10.7. The topological polar surface area (TPSA) is 93.7 Å². The van der Waals surface area contributed by atoms with Crippen LogP contribution in [0.2, 0.25) is 0 Å². The molecule has 230 valence electrons. The van der Waals surface area contributed by atoms with Crippen LogP contribution in [0.25, 0.3) is 23.0 Å². The summed E-state index contributed by atoms with van der Waals surface area (Å²) in [5.74, 6) is 4.55. The second kappa shape index (κ2) is 12.8. The monoisotopic (exact) mass is 624 g/mol. The summed E-state index contributed by atoms with van der Waals surface area (Å²) < 4.78 is 4.07. The largest absolute Gasteiger partial charge is 0.297 e. The van der Waals surface area contributed by atoms with Crippen molar-refractivity contribution in [3.05, 3.63) is 171 Å². The van der Waals surface area contributed by atoms with Gasteiger partial charge in [-0.05, 0) is 97.1 Å². The first-order chi connectivity index (χ1) is 23.8. The Hall–Kier alpha value is -6.94. The first-order valence-electron chi connectivity index (χ1n) is 15.4. The van der Waals surface area contributed by atoms with E-state index in [0.29, 0.717) is 11.6 Å². The van der Waals surface area contributed by atoms with Crippen LogP contribution in [0, 0.1) is 0 Å². The molecule has 2 aromatic carbocycles. The van der Waals surface area contributed by atoms with Gasteiger partial charge in [-0.25, -0.2) is 29.9 Å². The van der Waals surface area contributed by atoms with Gasteiger partial charge in [0.1, 0.15) is 23.3 Å². The van der Waals surface area contributed by atoms with Crippen molar-refractivity contribution in [1.29, 1.82) is 0 Å². The highest BCUT2D eigenvalue weighted by molar-refractivity contribution is 5.74. The summed E-state index contributed by atoms with van der Waals surface area (Å²) in [5.41, 5.74) is 3.76. The maximum atomic E-state index is 4.72. The van der Waals surface area contributed by atoms with Gasteiger partial charge in [0.2, 0.25) is 0 Å². The van der Waals surface area contributed by atoms with Gasteiger partial charge in [-0.15, -0.1) is 0 Å². The van der Waals surface area contributed by atoms with Crippen LogP contribution in [0.3, 0.4) is 0 Å². The van der Waals surface area contributed by atoms with E-state index in [2.05, 4.69) is 68.5 Å². The van der Waals surface area contributed by atoms with E-state index in [0.717, 1.165) is 46.0 Å². The Labute approximate surface area is 277 Å². The van der Waals surface area contributed by atoms with E-state index in [4.69, 9.17) is 9.97 Å². The summed E-state index contributed by atoms with van der Waals surface area (Å²) in [6.45, 7) is 0. The molecule has 10 heteroatoms. The van der Waals surface area contributed by atoms with Crippen molar-refractivity contribution in [1.82, 2.24) is 39.0 Å². The van der Waals surface area contributed by atoms with Gasteiger partial charge in [-0.3, -0.25) is 18.9 Å². The minimum Gasteiger partial charge on any atom is -0.297 e. The molecule has 0 saturated carbocycles. The fourth-order valence-electron chi connectivity index (χ4n) is 5.59. The van der Waals surface area contributed by atoms with Crippen LogP contribution in [0.15, 0.2) is 171 Å². The van der Waals surface area contributed by atoms with Crippen molar-refractivity contribution in [3.63, 3.8) is 0 Å². The molecule has 0 aliphatic carbocycles. The number of hydrogen-bond donors (Lipinski definition) is 0. The SMILES string of the molecule is c1ccc(N(c2ccc(-n3ccnc3-c3nccn3-c3ccc(N(c4ccccn4)c4ccccn4)cc3)cc2)c2ccccn2)nc1. The maximum Gasteiger partial charge on any atom is 0.181 e. The highest BCUT2D eigenvalue weighted by Gasteiger charge is 2.19. The van der Waals surface area contributed by atoms with Gasteiger partial charge >= 0.3 is 0 Å². The molecule has 0 saturated heterocycles. The number of imidazole rings is 2. The van der Waals surface area contributed by atoms with Crippen molar-refractivity contribution in [2.24, 2.45) is 0 Å². The number of benzene rings is 2. The zero-order valence-corrected chi connectivity index (χ0v) is 25.6. The van der Waals surface area contributed by atoms with Crippen molar-refractivity contribution < 1.29 is 0 Å². The molecule has 0 unspecified atom stereocenters.